The second-order valence-corrected chi connectivity index (χ2v) is 18.9. The molecule has 12 saturated carbocycles. The summed E-state index contributed by atoms with van der Waals surface area (Å²) in [5, 5.41) is 0. The topological polar surface area (TPSA) is 71.1 Å². The van der Waals surface area contributed by atoms with Crippen molar-refractivity contribution >= 4 is 11.9 Å². The molecule has 6 heteroatoms. The van der Waals surface area contributed by atoms with Crippen molar-refractivity contribution in [3.05, 3.63) is 0 Å². The van der Waals surface area contributed by atoms with E-state index in [0.29, 0.717) is 55.1 Å². The predicted molar refractivity (Wildman–Crippen MR) is 174 cm³/mol. The van der Waals surface area contributed by atoms with Crippen LogP contribution in [0.25, 0.3) is 0 Å². The zero-order valence-electron chi connectivity index (χ0n) is 28.8. The Balaban J connectivity index is 0.986. The van der Waals surface area contributed by atoms with Crippen LogP contribution >= 0.6 is 0 Å². The van der Waals surface area contributed by atoms with E-state index in [-0.39, 0.29) is 11.9 Å². The summed E-state index contributed by atoms with van der Waals surface area (Å²) in [6.07, 6.45) is 19.6. The lowest BCUT2D eigenvalue weighted by atomic mass is 9.44. The number of hydrogen-bond donors (Lipinski definition) is 0. The fourth-order valence-electron chi connectivity index (χ4n) is 14.9. The van der Waals surface area contributed by atoms with Gasteiger partial charge in [-0.05, 0) is 151 Å². The lowest BCUT2D eigenvalue weighted by Crippen LogP contribution is -2.66. The summed E-state index contributed by atoms with van der Waals surface area (Å²) in [6.45, 7) is 6.89. The van der Waals surface area contributed by atoms with Crippen molar-refractivity contribution in [1.29, 1.82) is 0 Å². The summed E-state index contributed by atoms with van der Waals surface area (Å²) in [5.41, 5.74) is -2.05. The lowest BCUT2D eigenvalue weighted by molar-refractivity contribution is -0.253. The lowest BCUT2D eigenvalue weighted by Gasteiger charge is -2.63. The van der Waals surface area contributed by atoms with Crippen molar-refractivity contribution in [3.8, 4) is 0 Å². The standard InChI is InChI=1S/C40H60O6/c1-3-5-43-23-39(31-10-25-7-26(12-31)13-32(39)11-25)45-35(41)37-18-29-9-30(19-37)21-38(20-29,22-37)36(42)46-40(24-44-6-4-2)33-14-27-8-28(16-33)17-34(40)15-27/h25-34H,3-24H2,1-2H3. The minimum atomic E-state index is -0.550. The van der Waals surface area contributed by atoms with E-state index in [1.54, 1.807) is 0 Å². The van der Waals surface area contributed by atoms with E-state index in [1.165, 1.54) is 64.2 Å². The highest BCUT2D eigenvalue weighted by Gasteiger charge is 2.68. The van der Waals surface area contributed by atoms with Gasteiger partial charge in [0.1, 0.15) is 11.2 Å². The van der Waals surface area contributed by atoms with Crippen LogP contribution in [0, 0.1) is 70.0 Å². The summed E-state index contributed by atoms with van der Waals surface area (Å²) >= 11 is 0. The second-order valence-electron chi connectivity index (χ2n) is 18.9. The third-order valence-corrected chi connectivity index (χ3v) is 15.9. The number of esters is 2. The zero-order valence-corrected chi connectivity index (χ0v) is 28.8. The van der Waals surface area contributed by atoms with Crippen LogP contribution in [0.15, 0.2) is 0 Å². The van der Waals surface area contributed by atoms with Gasteiger partial charge in [0.2, 0.25) is 0 Å². The number of carbonyl (C=O) groups excluding carboxylic acids is 2. The highest BCUT2D eigenvalue weighted by atomic mass is 16.6. The van der Waals surface area contributed by atoms with Gasteiger partial charge in [-0.25, -0.2) is 0 Å². The molecule has 0 N–H and O–H groups in total. The highest BCUT2D eigenvalue weighted by Crippen LogP contribution is 2.68. The molecule has 46 heavy (non-hydrogen) atoms. The van der Waals surface area contributed by atoms with E-state index in [0.717, 1.165) is 81.8 Å². The van der Waals surface area contributed by atoms with E-state index >= 15 is 0 Å². The van der Waals surface area contributed by atoms with Gasteiger partial charge in [-0.3, -0.25) is 9.59 Å². The van der Waals surface area contributed by atoms with Crippen molar-refractivity contribution in [2.75, 3.05) is 26.4 Å². The first-order valence-corrected chi connectivity index (χ1v) is 19.9. The molecule has 0 heterocycles. The summed E-state index contributed by atoms with van der Waals surface area (Å²) in [4.78, 5) is 29.7. The molecule has 0 spiro atoms. The minimum absolute atomic E-state index is 0.0157. The minimum Gasteiger partial charge on any atom is -0.456 e. The van der Waals surface area contributed by atoms with E-state index < -0.39 is 22.0 Å². The predicted octanol–water partition coefficient (Wildman–Crippen LogP) is 7.90. The number of ether oxygens (including phenoxy) is 4. The van der Waals surface area contributed by atoms with E-state index in [9.17, 15) is 9.59 Å². The van der Waals surface area contributed by atoms with Gasteiger partial charge < -0.3 is 18.9 Å². The Morgan fingerprint density at radius 1 is 0.500 bits per heavy atom. The van der Waals surface area contributed by atoms with Crippen LogP contribution in [0.3, 0.4) is 0 Å². The van der Waals surface area contributed by atoms with Crippen LogP contribution in [-0.2, 0) is 28.5 Å². The third kappa shape index (κ3) is 4.67. The fraction of sp³-hybridized carbons (Fsp3) is 0.950. The molecule has 0 unspecified atom stereocenters. The molecule has 0 aromatic carbocycles. The maximum Gasteiger partial charge on any atom is 0.312 e. The van der Waals surface area contributed by atoms with Crippen LogP contribution < -0.4 is 0 Å². The molecular formula is C40H60O6. The van der Waals surface area contributed by atoms with Gasteiger partial charge in [-0.2, -0.15) is 0 Å². The number of hydrogen-bond acceptors (Lipinski definition) is 6. The third-order valence-electron chi connectivity index (χ3n) is 15.9. The van der Waals surface area contributed by atoms with Crippen molar-refractivity contribution in [1.82, 2.24) is 0 Å². The number of rotatable bonds is 12. The monoisotopic (exact) mass is 636 g/mol. The van der Waals surface area contributed by atoms with Gasteiger partial charge in [0.25, 0.3) is 0 Å². The van der Waals surface area contributed by atoms with Crippen molar-refractivity contribution in [3.63, 3.8) is 0 Å². The largest absolute Gasteiger partial charge is 0.456 e. The number of carbonyl (C=O) groups is 2. The van der Waals surface area contributed by atoms with Gasteiger partial charge in [-0.15, -0.1) is 0 Å². The Labute approximate surface area is 277 Å². The molecule has 0 aromatic heterocycles. The molecule has 0 atom stereocenters. The van der Waals surface area contributed by atoms with Crippen LogP contribution in [-0.4, -0.2) is 49.6 Å². The molecule has 0 radical (unpaired) electrons. The molecule has 12 rings (SSSR count). The molecule has 0 saturated heterocycles. The van der Waals surface area contributed by atoms with Gasteiger partial charge in [-0.1, -0.05) is 13.8 Å². The van der Waals surface area contributed by atoms with Gasteiger partial charge in [0.05, 0.1) is 24.0 Å². The average molecular weight is 637 g/mol. The molecule has 12 fully saturated rings. The maximum absolute atomic E-state index is 14.9. The van der Waals surface area contributed by atoms with Crippen molar-refractivity contribution in [2.24, 2.45) is 70.0 Å². The molecule has 0 aliphatic heterocycles. The van der Waals surface area contributed by atoms with Crippen LogP contribution in [0.5, 0.6) is 0 Å². The summed E-state index contributed by atoms with van der Waals surface area (Å²) in [5.74, 6) is 5.78. The molecular weight excluding hydrogens is 576 g/mol. The molecule has 6 nitrogen and oxygen atoms in total. The van der Waals surface area contributed by atoms with E-state index in [4.69, 9.17) is 18.9 Å². The van der Waals surface area contributed by atoms with Gasteiger partial charge >= 0.3 is 11.9 Å². The van der Waals surface area contributed by atoms with Crippen LogP contribution in [0.1, 0.15) is 129 Å². The van der Waals surface area contributed by atoms with Crippen molar-refractivity contribution < 1.29 is 28.5 Å². The first kappa shape index (κ1) is 30.9. The zero-order chi connectivity index (χ0) is 31.3. The SMILES string of the molecule is CCCOCC1(OC(=O)C23CC4CC(C2)CC(C(=O)OC2(COCCC)C5CC6CC(C5)CC2C6)(C4)C3)C2CC3CC(C2)CC1C3. The highest BCUT2D eigenvalue weighted by molar-refractivity contribution is 5.83. The maximum atomic E-state index is 14.9. The van der Waals surface area contributed by atoms with E-state index in [1.807, 2.05) is 0 Å². The first-order chi connectivity index (χ1) is 22.3. The normalized spacial score (nSPS) is 52.0. The quantitative estimate of drug-likeness (QED) is 0.160. The fourth-order valence-corrected chi connectivity index (χ4v) is 14.9. The average Bonchev–Trinajstić information content (AvgIpc) is 3.01. The Bertz CT molecular complexity index is 1050. The molecule has 256 valence electrons. The Morgan fingerprint density at radius 2 is 0.826 bits per heavy atom. The van der Waals surface area contributed by atoms with E-state index in [2.05, 4.69) is 13.8 Å². The smallest absolute Gasteiger partial charge is 0.312 e. The second kappa shape index (κ2) is 11.2. The Kier molecular flexibility index (Phi) is 7.51. The molecule has 12 aliphatic carbocycles. The Morgan fingerprint density at radius 3 is 1.15 bits per heavy atom. The molecule has 12 bridgehead atoms. The molecule has 12 aliphatic rings. The summed E-state index contributed by atoms with van der Waals surface area (Å²) in [7, 11) is 0. The van der Waals surface area contributed by atoms with Crippen LogP contribution in [0.2, 0.25) is 0 Å². The Hall–Kier alpha value is -1.14. The summed E-state index contributed by atoms with van der Waals surface area (Å²) in [6, 6.07) is 0. The van der Waals surface area contributed by atoms with Crippen molar-refractivity contribution in [2.45, 2.75) is 141 Å². The van der Waals surface area contributed by atoms with Crippen LogP contribution in [0.4, 0.5) is 0 Å². The molecule has 0 amide bonds. The summed E-state index contributed by atoms with van der Waals surface area (Å²) < 4.78 is 26.7. The van der Waals surface area contributed by atoms with Gasteiger partial charge in [0, 0.05) is 36.9 Å². The van der Waals surface area contributed by atoms with Gasteiger partial charge in [0.15, 0.2) is 0 Å². The first-order valence-electron chi connectivity index (χ1n) is 19.9. The molecule has 0 aromatic rings.